The van der Waals surface area contributed by atoms with Crippen molar-refractivity contribution >= 4 is 5.82 Å². The summed E-state index contributed by atoms with van der Waals surface area (Å²) in [6.07, 6.45) is 4.98. The lowest BCUT2D eigenvalue weighted by Crippen LogP contribution is -1.98. The van der Waals surface area contributed by atoms with Crippen molar-refractivity contribution in [1.82, 2.24) is 20.2 Å². The molecule has 2 heterocycles. The summed E-state index contributed by atoms with van der Waals surface area (Å²) in [6, 6.07) is 3.73. The minimum atomic E-state index is 0.574. The van der Waals surface area contributed by atoms with Gasteiger partial charge in [-0.3, -0.25) is 4.98 Å². The smallest absolute Gasteiger partial charge is 0.185 e. The third-order valence-corrected chi connectivity index (χ3v) is 1.73. The summed E-state index contributed by atoms with van der Waals surface area (Å²) < 4.78 is 0. The van der Waals surface area contributed by atoms with Crippen molar-refractivity contribution in [3.05, 3.63) is 30.7 Å². The molecule has 0 unspecified atom stereocenters. The monoisotopic (exact) mass is 187 g/mol. The zero-order valence-corrected chi connectivity index (χ0v) is 7.68. The van der Waals surface area contributed by atoms with Gasteiger partial charge in [0.05, 0.1) is 6.20 Å². The van der Waals surface area contributed by atoms with Crippen molar-refractivity contribution in [1.29, 1.82) is 0 Å². The van der Waals surface area contributed by atoms with Crippen LogP contribution in [0.25, 0.3) is 11.4 Å². The summed E-state index contributed by atoms with van der Waals surface area (Å²) >= 11 is 0. The third-order valence-electron chi connectivity index (χ3n) is 1.73. The van der Waals surface area contributed by atoms with Crippen LogP contribution in [0.5, 0.6) is 0 Å². The number of hydrogen-bond acceptors (Lipinski definition) is 5. The molecular formula is C9H9N5. The molecule has 2 aromatic rings. The van der Waals surface area contributed by atoms with E-state index in [2.05, 4.69) is 25.5 Å². The van der Waals surface area contributed by atoms with Gasteiger partial charge < -0.3 is 5.32 Å². The topological polar surface area (TPSA) is 63.6 Å². The Bertz CT molecular complexity index is 415. The van der Waals surface area contributed by atoms with E-state index in [1.807, 2.05) is 12.1 Å². The van der Waals surface area contributed by atoms with Crippen LogP contribution in [0.4, 0.5) is 5.82 Å². The van der Waals surface area contributed by atoms with Crippen LogP contribution in [0.2, 0.25) is 0 Å². The van der Waals surface area contributed by atoms with E-state index < -0.39 is 0 Å². The first-order chi connectivity index (χ1) is 6.90. The summed E-state index contributed by atoms with van der Waals surface area (Å²) in [5.41, 5.74) is 0.858. The average Bonchev–Trinajstić information content (AvgIpc) is 2.30. The molecule has 0 amide bonds. The number of aromatic nitrogens is 4. The molecule has 0 saturated carbocycles. The Balaban J connectivity index is 2.42. The maximum atomic E-state index is 4.24. The molecule has 0 bridgehead atoms. The van der Waals surface area contributed by atoms with Gasteiger partial charge in [0.25, 0.3) is 0 Å². The van der Waals surface area contributed by atoms with Crippen LogP contribution in [0, 0.1) is 0 Å². The Kier molecular flexibility index (Phi) is 2.31. The Hall–Kier alpha value is -2.04. The van der Waals surface area contributed by atoms with Crippen LogP contribution in [-0.2, 0) is 0 Å². The molecule has 0 aromatic carbocycles. The maximum Gasteiger partial charge on any atom is 0.185 e. The van der Waals surface area contributed by atoms with Crippen molar-refractivity contribution in [2.24, 2.45) is 0 Å². The molecule has 2 aromatic heterocycles. The van der Waals surface area contributed by atoms with Crippen molar-refractivity contribution < 1.29 is 0 Å². The van der Waals surface area contributed by atoms with Crippen LogP contribution in [-0.4, -0.2) is 27.2 Å². The summed E-state index contributed by atoms with van der Waals surface area (Å²) in [5, 5.41) is 10.6. The van der Waals surface area contributed by atoms with Crippen molar-refractivity contribution in [2.75, 3.05) is 12.4 Å². The lowest BCUT2D eigenvalue weighted by molar-refractivity contribution is 0.979. The summed E-state index contributed by atoms with van der Waals surface area (Å²) in [4.78, 5) is 8.23. The van der Waals surface area contributed by atoms with Gasteiger partial charge in [-0.1, -0.05) is 0 Å². The highest BCUT2D eigenvalue weighted by Gasteiger charge is 2.01. The van der Waals surface area contributed by atoms with Crippen LogP contribution in [0.1, 0.15) is 0 Å². The Morgan fingerprint density at radius 2 is 2.21 bits per heavy atom. The Labute approximate surface area is 81.3 Å². The van der Waals surface area contributed by atoms with E-state index in [9.17, 15) is 0 Å². The SMILES string of the molecule is CNc1cnnc(-c2cccnc2)n1. The zero-order valence-electron chi connectivity index (χ0n) is 7.68. The fourth-order valence-electron chi connectivity index (χ4n) is 1.04. The van der Waals surface area contributed by atoms with Crippen LogP contribution in [0.15, 0.2) is 30.7 Å². The predicted octanol–water partition coefficient (Wildman–Crippen LogP) is 0.975. The third kappa shape index (κ3) is 1.66. The second kappa shape index (κ2) is 3.78. The minimum Gasteiger partial charge on any atom is -0.372 e. The normalized spacial score (nSPS) is 9.79. The number of anilines is 1. The molecule has 2 rings (SSSR count). The predicted molar refractivity (Wildman–Crippen MR) is 52.6 cm³/mol. The van der Waals surface area contributed by atoms with Gasteiger partial charge in [-0.25, -0.2) is 4.98 Å². The van der Waals surface area contributed by atoms with Crippen LogP contribution >= 0.6 is 0 Å². The molecule has 14 heavy (non-hydrogen) atoms. The lowest BCUT2D eigenvalue weighted by Gasteiger charge is -2.00. The van der Waals surface area contributed by atoms with Gasteiger partial charge in [0.1, 0.15) is 5.82 Å². The molecule has 0 atom stereocenters. The minimum absolute atomic E-state index is 0.574. The van der Waals surface area contributed by atoms with E-state index >= 15 is 0 Å². The van der Waals surface area contributed by atoms with Gasteiger partial charge in [0.2, 0.25) is 0 Å². The molecule has 0 radical (unpaired) electrons. The quantitative estimate of drug-likeness (QED) is 0.759. The molecule has 0 fully saturated rings. The van der Waals surface area contributed by atoms with E-state index in [1.165, 1.54) is 0 Å². The van der Waals surface area contributed by atoms with Crippen LogP contribution < -0.4 is 5.32 Å². The molecule has 5 heteroatoms. The Morgan fingerprint density at radius 1 is 1.29 bits per heavy atom. The average molecular weight is 187 g/mol. The highest BCUT2D eigenvalue weighted by Crippen LogP contribution is 2.12. The van der Waals surface area contributed by atoms with Gasteiger partial charge in [-0.05, 0) is 12.1 Å². The standard InChI is InChI=1S/C9H9N5/c1-10-8-6-12-14-9(13-8)7-3-2-4-11-5-7/h2-6H,1H3,(H,10,13,14). The number of hydrogen-bond donors (Lipinski definition) is 1. The summed E-state index contributed by atoms with van der Waals surface area (Å²) in [5.74, 6) is 1.27. The van der Waals surface area contributed by atoms with E-state index in [0.717, 1.165) is 5.56 Å². The maximum absolute atomic E-state index is 4.24. The first-order valence-corrected chi connectivity index (χ1v) is 4.18. The van der Waals surface area contributed by atoms with Crippen molar-refractivity contribution in [3.8, 4) is 11.4 Å². The number of nitrogens with one attached hydrogen (secondary N) is 1. The second-order valence-corrected chi connectivity index (χ2v) is 2.66. The first kappa shape index (κ1) is 8.55. The van der Waals surface area contributed by atoms with Gasteiger partial charge in [0.15, 0.2) is 5.82 Å². The largest absolute Gasteiger partial charge is 0.372 e. The molecule has 5 nitrogen and oxygen atoms in total. The molecule has 0 aliphatic heterocycles. The first-order valence-electron chi connectivity index (χ1n) is 4.18. The molecule has 0 saturated heterocycles. The molecular weight excluding hydrogens is 178 g/mol. The molecule has 0 aliphatic rings. The van der Waals surface area contributed by atoms with Gasteiger partial charge in [-0.15, -0.1) is 5.10 Å². The fourth-order valence-corrected chi connectivity index (χ4v) is 1.04. The summed E-state index contributed by atoms with van der Waals surface area (Å²) in [6.45, 7) is 0. The zero-order chi connectivity index (χ0) is 9.80. The van der Waals surface area contributed by atoms with Gasteiger partial charge >= 0.3 is 0 Å². The van der Waals surface area contributed by atoms with Crippen molar-refractivity contribution in [2.45, 2.75) is 0 Å². The van der Waals surface area contributed by atoms with Crippen LogP contribution in [0.3, 0.4) is 0 Å². The highest BCUT2D eigenvalue weighted by molar-refractivity contribution is 5.54. The molecule has 0 spiro atoms. The van der Waals surface area contributed by atoms with E-state index in [4.69, 9.17) is 0 Å². The molecule has 1 N–H and O–H groups in total. The van der Waals surface area contributed by atoms with E-state index in [1.54, 1.807) is 25.6 Å². The second-order valence-electron chi connectivity index (χ2n) is 2.66. The summed E-state index contributed by atoms with van der Waals surface area (Å²) in [7, 11) is 1.79. The van der Waals surface area contributed by atoms with E-state index in [-0.39, 0.29) is 0 Å². The number of nitrogens with zero attached hydrogens (tertiary/aromatic N) is 4. The Morgan fingerprint density at radius 3 is 2.93 bits per heavy atom. The molecule has 70 valence electrons. The highest BCUT2D eigenvalue weighted by atomic mass is 15.2. The van der Waals surface area contributed by atoms with Gasteiger partial charge in [0, 0.05) is 25.0 Å². The molecule has 0 aliphatic carbocycles. The van der Waals surface area contributed by atoms with Crippen molar-refractivity contribution in [3.63, 3.8) is 0 Å². The lowest BCUT2D eigenvalue weighted by atomic mass is 10.3. The number of pyridine rings is 1. The van der Waals surface area contributed by atoms with E-state index in [0.29, 0.717) is 11.6 Å². The van der Waals surface area contributed by atoms with Gasteiger partial charge in [-0.2, -0.15) is 5.10 Å². The number of rotatable bonds is 2. The fraction of sp³-hybridized carbons (Fsp3) is 0.111.